The summed E-state index contributed by atoms with van der Waals surface area (Å²) < 4.78 is 7.27. The lowest BCUT2D eigenvalue weighted by molar-refractivity contribution is -0.438. The molecule has 0 unspecified atom stereocenters. The van der Waals surface area contributed by atoms with Gasteiger partial charge in [-0.2, -0.15) is 4.58 Å². The Labute approximate surface area is 284 Å². The van der Waals surface area contributed by atoms with Crippen molar-refractivity contribution < 1.29 is 24.0 Å². The Morgan fingerprint density at radius 1 is 0.936 bits per heavy atom. The second kappa shape index (κ2) is 14.9. The molecule has 2 aliphatic heterocycles. The minimum Gasteiger partial charge on any atom is -0.550 e. The highest BCUT2D eigenvalue weighted by Gasteiger charge is 2.44. The molecule has 0 saturated heterocycles. The lowest BCUT2D eigenvalue weighted by Crippen LogP contribution is -2.28. The molecule has 2 heterocycles. The van der Waals surface area contributed by atoms with Gasteiger partial charge in [0.15, 0.2) is 5.71 Å². The van der Waals surface area contributed by atoms with E-state index in [4.69, 9.17) is 16.3 Å². The van der Waals surface area contributed by atoms with Crippen molar-refractivity contribution in [3.63, 3.8) is 0 Å². The number of carbonyl (C=O) groups is 2. The smallest absolute Gasteiger partial charge is 0.293 e. The molecule has 0 amide bonds. The number of unbranched alkanes of at least 4 members (excludes halogenated alkanes) is 2. The van der Waals surface area contributed by atoms with Gasteiger partial charge in [-0.25, -0.2) is 0 Å². The average Bonchev–Trinajstić information content (AvgIpc) is 3.40. The largest absolute Gasteiger partial charge is 0.550 e. The lowest BCUT2D eigenvalue weighted by Gasteiger charge is -2.27. The number of rotatable bonds is 14. The molecule has 3 aliphatic rings. The molecule has 0 bridgehead atoms. The highest BCUT2D eigenvalue weighted by molar-refractivity contribution is 6.32. The van der Waals surface area contributed by atoms with Crippen LogP contribution in [0.3, 0.4) is 0 Å². The Bertz CT molecular complexity index is 1660. The number of carboxylic acid groups (broad SMARTS) is 1. The molecule has 0 aromatic heterocycles. The van der Waals surface area contributed by atoms with Crippen molar-refractivity contribution in [3.8, 4) is 0 Å². The van der Waals surface area contributed by atoms with Gasteiger partial charge in [0.25, 0.3) is 6.47 Å². The maximum Gasteiger partial charge on any atom is 0.293 e. The Kier molecular flexibility index (Phi) is 10.9. The van der Waals surface area contributed by atoms with E-state index in [9.17, 15) is 14.7 Å². The van der Waals surface area contributed by atoms with E-state index in [0.29, 0.717) is 19.5 Å². The summed E-state index contributed by atoms with van der Waals surface area (Å²) in [6.45, 7) is 11.6. The fourth-order valence-electron chi connectivity index (χ4n) is 7.37. The molecule has 0 atom stereocenters. The van der Waals surface area contributed by atoms with Gasteiger partial charge in [0.05, 0.1) is 12.0 Å². The number of carbonyl (C=O) groups excluding carboxylic acids is 2. The second-order valence-electron chi connectivity index (χ2n) is 13.7. The van der Waals surface area contributed by atoms with Gasteiger partial charge in [-0.3, -0.25) is 4.79 Å². The normalized spacial score (nSPS) is 20.0. The molecular weight excluding hydrogens is 608 g/mol. The van der Waals surface area contributed by atoms with Crippen LogP contribution < -0.4 is 10.0 Å². The van der Waals surface area contributed by atoms with Gasteiger partial charge in [0, 0.05) is 58.5 Å². The number of carboxylic acids is 1. The molecule has 0 fully saturated rings. The molecule has 7 heteroatoms. The number of aliphatic carboxylic acids is 1. The van der Waals surface area contributed by atoms with Crippen LogP contribution in [0.4, 0.5) is 11.4 Å². The topological polar surface area (TPSA) is 72.7 Å². The zero-order valence-electron chi connectivity index (χ0n) is 28.2. The molecule has 0 N–H and O–H groups in total. The molecular formula is C40H47ClN2O4. The van der Waals surface area contributed by atoms with Gasteiger partial charge in [0.1, 0.15) is 6.54 Å². The van der Waals surface area contributed by atoms with Crippen LogP contribution in [0.15, 0.2) is 94.7 Å². The SMILES string of the molecule is CC1(C)C(/C=C/C2=C(Cl)C(=C/C=C3/N(CCCCOC=O)c4ccccc4C3(C)C)/CCC2)=[N+](CCCCC(=O)[O-])c2ccccc21. The minimum absolute atomic E-state index is 0.0786. The Balaban J connectivity index is 1.43. The number of anilines is 1. The third-order valence-electron chi connectivity index (χ3n) is 9.91. The monoisotopic (exact) mass is 654 g/mol. The van der Waals surface area contributed by atoms with Crippen molar-refractivity contribution in [2.45, 2.75) is 89.9 Å². The van der Waals surface area contributed by atoms with E-state index in [2.05, 4.69) is 110 Å². The number of allylic oxidation sites excluding steroid dienone is 8. The summed E-state index contributed by atoms with van der Waals surface area (Å²) >= 11 is 7.17. The minimum atomic E-state index is -0.996. The fourth-order valence-corrected chi connectivity index (χ4v) is 7.69. The Morgan fingerprint density at radius 3 is 2.45 bits per heavy atom. The summed E-state index contributed by atoms with van der Waals surface area (Å²) in [5.41, 5.74) is 9.36. The van der Waals surface area contributed by atoms with Gasteiger partial charge in [-0.15, -0.1) is 0 Å². The second-order valence-corrected chi connectivity index (χ2v) is 14.1. The summed E-state index contributed by atoms with van der Waals surface area (Å²) in [6, 6.07) is 17.1. The van der Waals surface area contributed by atoms with E-state index < -0.39 is 5.97 Å². The third-order valence-corrected chi connectivity index (χ3v) is 10.4. The van der Waals surface area contributed by atoms with Gasteiger partial charge in [-0.05, 0) is 87.6 Å². The highest BCUT2D eigenvalue weighted by atomic mass is 35.5. The van der Waals surface area contributed by atoms with E-state index in [1.54, 1.807) is 0 Å². The van der Waals surface area contributed by atoms with Crippen molar-refractivity contribution in [2.75, 3.05) is 24.6 Å². The number of hydrogen-bond acceptors (Lipinski definition) is 5. The van der Waals surface area contributed by atoms with Crippen LogP contribution in [0.5, 0.6) is 0 Å². The first-order chi connectivity index (χ1) is 22.6. The number of nitrogens with zero attached hydrogens (tertiary/aromatic N) is 2. The van der Waals surface area contributed by atoms with Crippen molar-refractivity contribution in [1.82, 2.24) is 0 Å². The first-order valence-electron chi connectivity index (χ1n) is 16.9. The zero-order valence-corrected chi connectivity index (χ0v) is 28.9. The van der Waals surface area contributed by atoms with Gasteiger partial charge in [0.2, 0.25) is 5.69 Å². The molecule has 0 radical (unpaired) electrons. The highest BCUT2D eigenvalue weighted by Crippen LogP contribution is 2.48. The third kappa shape index (κ3) is 7.33. The van der Waals surface area contributed by atoms with E-state index in [0.717, 1.165) is 67.8 Å². The Hall–Kier alpha value is -3.90. The van der Waals surface area contributed by atoms with Crippen molar-refractivity contribution in [3.05, 3.63) is 106 Å². The van der Waals surface area contributed by atoms with E-state index in [1.807, 2.05) is 0 Å². The number of benzene rings is 2. The first-order valence-corrected chi connectivity index (χ1v) is 17.3. The summed E-state index contributed by atoms with van der Waals surface area (Å²) in [6.07, 6.45) is 14.9. The zero-order chi connectivity index (χ0) is 33.6. The van der Waals surface area contributed by atoms with Crippen LogP contribution in [-0.2, 0) is 25.2 Å². The van der Waals surface area contributed by atoms with Crippen molar-refractivity contribution in [1.29, 1.82) is 0 Å². The maximum atomic E-state index is 11.0. The number of hydrogen-bond donors (Lipinski definition) is 0. The Morgan fingerprint density at radius 2 is 1.68 bits per heavy atom. The quantitative estimate of drug-likeness (QED) is 0.118. The van der Waals surface area contributed by atoms with E-state index >= 15 is 0 Å². The molecule has 6 nitrogen and oxygen atoms in total. The molecule has 2 aromatic rings. The van der Waals surface area contributed by atoms with Crippen LogP contribution in [0.2, 0.25) is 0 Å². The number of ether oxygens (including phenoxy) is 1. The van der Waals surface area contributed by atoms with Crippen molar-refractivity contribution >= 4 is 41.1 Å². The van der Waals surface area contributed by atoms with Gasteiger partial charge in [-0.1, -0.05) is 74.0 Å². The molecule has 1 aliphatic carbocycles. The lowest BCUT2D eigenvalue weighted by atomic mass is 9.81. The van der Waals surface area contributed by atoms with Crippen LogP contribution in [0, 0.1) is 0 Å². The summed E-state index contributed by atoms with van der Waals surface area (Å²) in [4.78, 5) is 24.0. The van der Waals surface area contributed by atoms with Crippen LogP contribution >= 0.6 is 11.6 Å². The molecule has 248 valence electrons. The maximum absolute atomic E-state index is 11.0. The van der Waals surface area contributed by atoms with Gasteiger partial charge < -0.3 is 19.5 Å². The van der Waals surface area contributed by atoms with Crippen LogP contribution in [-0.4, -0.2) is 42.4 Å². The standard InChI is InChI=1S/C40H47ClN2O4/c1-39(2)31-16-5-7-18-33(31)42(25-10-9-20-37(45)46)35(39)23-21-29-14-13-15-30(38(29)41)22-24-36-40(3,4)32-17-6-8-19-34(32)43(36)26-11-12-27-47-28-44/h5-8,16-19,21-24,28H,9-15,20,25-27H2,1-4H3. The van der Waals surface area contributed by atoms with Crippen LogP contribution in [0.1, 0.15) is 90.2 Å². The molecule has 5 rings (SSSR count). The average molecular weight is 655 g/mol. The van der Waals surface area contributed by atoms with Gasteiger partial charge >= 0.3 is 0 Å². The summed E-state index contributed by atoms with van der Waals surface area (Å²) in [5, 5.41) is 11.8. The molecule has 47 heavy (non-hydrogen) atoms. The molecule has 0 saturated carbocycles. The van der Waals surface area contributed by atoms with E-state index in [1.165, 1.54) is 33.9 Å². The first kappa shape index (κ1) is 34.4. The number of para-hydroxylation sites is 2. The van der Waals surface area contributed by atoms with E-state index in [-0.39, 0.29) is 17.3 Å². The van der Waals surface area contributed by atoms with Crippen LogP contribution in [0.25, 0.3) is 0 Å². The number of halogens is 1. The summed E-state index contributed by atoms with van der Waals surface area (Å²) in [7, 11) is 0. The predicted molar refractivity (Wildman–Crippen MR) is 188 cm³/mol. The van der Waals surface area contributed by atoms with Crippen molar-refractivity contribution in [2.24, 2.45) is 0 Å². The molecule has 0 spiro atoms. The molecule has 2 aromatic carbocycles. The number of fused-ring (bicyclic) bond motifs is 2. The fraction of sp³-hybridized carbons (Fsp3) is 0.425. The summed E-state index contributed by atoms with van der Waals surface area (Å²) in [5.74, 6) is -0.996. The predicted octanol–water partition coefficient (Wildman–Crippen LogP) is 7.78.